The number of halogens is 1. The fourth-order valence-electron chi connectivity index (χ4n) is 3.27. The smallest absolute Gasteiger partial charge is 0.250 e. The van der Waals surface area contributed by atoms with Gasteiger partial charge in [-0.2, -0.15) is 0 Å². The molecule has 0 aliphatic heterocycles. The first kappa shape index (κ1) is 17.1. The summed E-state index contributed by atoms with van der Waals surface area (Å²) in [5, 5.41) is 0.760. The number of para-hydroxylation sites is 1. The van der Waals surface area contributed by atoms with E-state index < -0.39 is 0 Å². The summed E-state index contributed by atoms with van der Waals surface area (Å²) in [7, 11) is 0. The molecule has 0 amide bonds. The molecule has 0 aliphatic carbocycles. The average molecular weight is 362 g/mol. The third-order valence-corrected chi connectivity index (χ3v) is 4.66. The number of benzene rings is 1. The van der Waals surface area contributed by atoms with E-state index in [1.165, 1.54) is 6.07 Å². The van der Waals surface area contributed by atoms with Crippen molar-refractivity contribution in [3.8, 4) is 11.5 Å². The van der Waals surface area contributed by atoms with Crippen molar-refractivity contribution in [2.75, 3.05) is 0 Å². The Morgan fingerprint density at radius 1 is 1.04 bits per heavy atom. The van der Waals surface area contributed by atoms with Crippen molar-refractivity contribution >= 4 is 10.9 Å². The lowest BCUT2D eigenvalue weighted by Gasteiger charge is -2.11. The lowest BCUT2D eigenvalue weighted by molar-refractivity contribution is 0.547. The standard InChI is InChI=1S/C21H19FN4O/c1-15-5-2-8-19(27)26(15)13-4-12-25-14-11-23-21(25)18-10-9-16-6-3-7-17(22)20(16)24-18/h2-3,5-11,14H,4,12-13H2,1H3. The van der Waals surface area contributed by atoms with Crippen LogP contribution in [-0.4, -0.2) is 19.1 Å². The topological polar surface area (TPSA) is 52.7 Å². The number of aryl methyl sites for hydroxylation is 2. The van der Waals surface area contributed by atoms with Crippen LogP contribution in [0.2, 0.25) is 0 Å². The highest BCUT2D eigenvalue weighted by Crippen LogP contribution is 2.22. The molecule has 4 aromatic rings. The van der Waals surface area contributed by atoms with Gasteiger partial charge in [-0.25, -0.2) is 14.4 Å². The van der Waals surface area contributed by atoms with E-state index >= 15 is 0 Å². The fraction of sp³-hybridized carbons (Fsp3) is 0.190. The summed E-state index contributed by atoms with van der Waals surface area (Å²) in [5.74, 6) is 0.351. The second-order valence-electron chi connectivity index (χ2n) is 6.46. The summed E-state index contributed by atoms with van der Waals surface area (Å²) in [5.41, 5.74) is 1.93. The number of hydrogen-bond acceptors (Lipinski definition) is 3. The van der Waals surface area contributed by atoms with Gasteiger partial charge in [0.05, 0.1) is 0 Å². The third-order valence-electron chi connectivity index (χ3n) is 4.66. The molecule has 0 radical (unpaired) electrons. The zero-order valence-electron chi connectivity index (χ0n) is 15.0. The number of aromatic nitrogens is 4. The molecule has 5 nitrogen and oxygen atoms in total. The Balaban J connectivity index is 1.57. The molecule has 0 atom stereocenters. The van der Waals surface area contributed by atoms with Gasteiger partial charge in [0.15, 0.2) is 5.82 Å². The average Bonchev–Trinajstić information content (AvgIpc) is 3.13. The zero-order chi connectivity index (χ0) is 18.8. The first-order chi connectivity index (χ1) is 13.1. The summed E-state index contributed by atoms with van der Waals surface area (Å²) in [6.45, 7) is 3.24. The fourth-order valence-corrected chi connectivity index (χ4v) is 3.27. The SMILES string of the molecule is Cc1cccc(=O)n1CCCn1ccnc1-c1ccc2cccc(F)c2n1. The van der Waals surface area contributed by atoms with Crippen molar-refractivity contribution in [2.45, 2.75) is 26.4 Å². The maximum absolute atomic E-state index is 14.1. The summed E-state index contributed by atoms with van der Waals surface area (Å²) in [4.78, 5) is 20.8. The Hall–Kier alpha value is -3.28. The molecule has 0 aliphatic rings. The van der Waals surface area contributed by atoms with Crippen LogP contribution in [0.25, 0.3) is 22.4 Å². The van der Waals surface area contributed by atoms with Crippen LogP contribution >= 0.6 is 0 Å². The van der Waals surface area contributed by atoms with Crippen LogP contribution in [0.3, 0.4) is 0 Å². The molecule has 6 heteroatoms. The van der Waals surface area contributed by atoms with E-state index in [0.29, 0.717) is 30.1 Å². The largest absolute Gasteiger partial charge is 0.330 e. The van der Waals surface area contributed by atoms with E-state index in [2.05, 4.69) is 9.97 Å². The van der Waals surface area contributed by atoms with Crippen LogP contribution in [-0.2, 0) is 13.1 Å². The van der Waals surface area contributed by atoms with Crippen LogP contribution in [0.1, 0.15) is 12.1 Å². The molecule has 3 aromatic heterocycles. The third kappa shape index (κ3) is 3.38. The van der Waals surface area contributed by atoms with Crippen LogP contribution < -0.4 is 5.56 Å². The minimum absolute atomic E-state index is 0.00697. The van der Waals surface area contributed by atoms with Gasteiger partial charge in [-0.1, -0.05) is 24.3 Å². The second-order valence-corrected chi connectivity index (χ2v) is 6.46. The molecule has 136 valence electrons. The summed E-state index contributed by atoms with van der Waals surface area (Å²) in [6, 6.07) is 13.9. The van der Waals surface area contributed by atoms with E-state index in [-0.39, 0.29) is 11.4 Å². The normalized spacial score (nSPS) is 11.2. The van der Waals surface area contributed by atoms with Crippen LogP contribution in [0.15, 0.2) is 65.7 Å². The van der Waals surface area contributed by atoms with Crippen LogP contribution in [0.5, 0.6) is 0 Å². The van der Waals surface area contributed by atoms with Crippen molar-refractivity contribution < 1.29 is 4.39 Å². The Bertz CT molecular complexity index is 1160. The molecule has 0 saturated heterocycles. The molecule has 0 N–H and O–H groups in total. The van der Waals surface area contributed by atoms with Crippen LogP contribution in [0.4, 0.5) is 4.39 Å². The Morgan fingerprint density at radius 2 is 1.89 bits per heavy atom. The molecule has 4 rings (SSSR count). The van der Waals surface area contributed by atoms with Gasteiger partial charge in [-0.15, -0.1) is 0 Å². The molecular formula is C21H19FN4O. The number of nitrogens with zero attached hydrogens (tertiary/aromatic N) is 4. The van der Waals surface area contributed by atoms with E-state index in [4.69, 9.17) is 0 Å². The molecule has 0 unspecified atom stereocenters. The molecule has 0 bridgehead atoms. The molecule has 1 aromatic carbocycles. The maximum Gasteiger partial charge on any atom is 0.250 e. The van der Waals surface area contributed by atoms with Gasteiger partial charge in [-0.3, -0.25) is 4.79 Å². The van der Waals surface area contributed by atoms with Crippen molar-refractivity contribution in [3.63, 3.8) is 0 Å². The molecule has 27 heavy (non-hydrogen) atoms. The van der Waals surface area contributed by atoms with Crippen molar-refractivity contribution in [1.29, 1.82) is 0 Å². The van der Waals surface area contributed by atoms with Gasteiger partial charge in [-0.05, 0) is 31.5 Å². The van der Waals surface area contributed by atoms with Crippen LogP contribution in [0, 0.1) is 12.7 Å². The summed E-state index contributed by atoms with van der Waals surface area (Å²) >= 11 is 0. The molecular weight excluding hydrogens is 343 g/mol. The second kappa shape index (κ2) is 7.15. The predicted molar refractivity (Wildman–Crippen MR) is 103 cm³/mol. The van der Waals surface area contributed by atoms with Gasteiger partial charge in [0.1, 0.15) is 17.0 Å². The first-order valence-corrected chi connectivity index (χ1v) is 8.87. The van der Waals surface area contributed by atoms with E-state index in [1.54, 1.807) is 29.0 Å². The summed E-state index contributed by atoms with van der Waals surface area (Å²) < 4.78 is 17.8. The first-order valence-electron chi connectivity index (χ1n) is 8.87. The van der Waals surface area contributed by atoms with E-state index in [1.807, 2.05) is 42.0 Å². The molecule has 0 spiro atoms. The molecule has 0 saturated carbocycles. The highest BCUT2D eigenvalue weighted by atomic mass is 19.1. The van der Waals surface area contributed by atoms with Gasteiger partial charge in [0.2, 0.25) is 0 Å². The van der Waals surface area contributed by atoms with Crippen molar-refractivity contribution in [1.82, 2.24) is 19.1 Å². The highest BCUT2D eigenvalue weighted by molar-refractivity contribution is 5.81. The van der Waals surface area contributed by atoms with E-state index in [9.17, 15) is 9.18 Å². The van der Waals surface area contributed by atoms with Crippen molar-refractivity contribution in [3.05, 3.63) is 82.8 Å². The highest BCUT2D eigenvalue weighted by Gasteiger charge is 2.10. The zero-order valence-corrected chi connectivity index (χ0v) is 15.0. The monoisotopic (exact) mass is 362 g/mol. The number of imidazole rings is 1. The maximum atomic E-state index is 14.1. The lowest BCUT2D eigenvalue weighted by atomic mass is 10.2. The number of fused-ring (bicyclic) bond motifs is 1. The van der Waals surface area contributed by atoms with Gasteiger partial charge >= 0.3 is 0 Å². The Kier molecular flexibility index (Phi) is 4.54. The van der Waals surface area contributed by atoms with E-state index in [0.717, 1.165) is 17.5 Å². The summed E-state index contributed by atoms with van der Waals surface area (Å²) in [6.07, 6.45) is 4.36. The van der Waals surface area contributed by atoms with Gasteiger partial charge in [0, 0.05) is 42.6 Å². The minimum Gasteiger partial charge on any atom is -0.330 e. The van der Waals surface area contributed by atoms with Gasteiger partial charge in [0.25, 0.3) is 5.56 Å². The quantitative estimate of drug-likeness (QED) is 0.543. The minimum atomic E-state index is -0.341. The number of pyridine rings is 2. The Labute approximate surface area is 155 Å². The molecule has 0 fully saturated rings. The van der Waals surface area contributed by atoms with Gasteiger partial charge < -0.3 is 9.13 Å². The predicted octanol–water partition coefficient (Wildman–Crippen LogP) is 3.80. The molecule has 3 heterocycles. The Morgan fingerprint density at radius 3 is 2.74 bits per heavy atom. The lowest BCUT2D eigenvalue weighted by Crippen LogP contribution is -2.21. The number of hydrogen-bond donors (Lipinski definition) is 0. The van der Waals surface area contributed by atoms with Crippen molar-refractivity contribution in [2.24, 2.45) is 0 Å². The number of rotatable bonds is 5.